The summed E-state index contributed by atoms with van der Waals surface area (Å²) in [5.41, 5.74) is 2.17. The van der Waals surface area contributed by atoms with Gasteiger partial charge < -0.3 is 4.74 Å². The molecule has 0 aliphatic carbocycles. The van der Waals surface area contributed by atoms with E-state index < -0.39 is 0 Å². The van der Waals surface area contributed by atoms with Crippen molar-refractivity contribution in [3.63, 3.8) is 0 Å². The smallest absolute Gasteiger partial charge is 0.314 e. The summed E-state index contributed by atoms with van der Waals surface area (Å²) in [6.07, 6.45) is 2.03. The molecule has 13 heavy (non-hydrogen) atoms. The fourth-order valence-electron chi connectivity index (χ4n) is 1.24. The van der Waals surface area contributed by atoms with Crippen LogP contribution in [0.15, 0.2) is 23.4 Å². The van der Waals surface area contributed by atoms with Gasteiger partial charge in [0.05, 0.1) is 7.11 Å². The number of rotatable bonds is 2. The van der Waals surface area contributed by atoms with Crippen LogP contribution in [0.3, 0.4) is 0 Å². The Morgan fingerprint density at radius 1 is 1.46 bits per heavy atom. The van der Waals surface area contributed by atoms with Gasteiger partial charge in [-0.2, -0.15) is 0 Å². The fourth-order valence-corrected chi connectivity index (χ4v) is 1.66. The van der Waals surface area contributed by atoms with E-state index in [0.717, 1.165) is 21.9 Å². The second kappa shape index (κ2) is 3.30. The first-order chi connectivity index (χ1) is 6.33. The van der Waals surface area contributed by atoms with Gasteiger partial charge in [-0.3, -0.25) is 0 Å². The summed E-state index contributed by atoms with van der Waals surface area (Å²) in [5.74, 6) is 0.871. The number of hydrogen-bond acceptors (Lipinski definition) is 2. The second-order valence-electron chi connectivity index (χ2n) is 2.69. The first-order valence-electron chi connectivity index (χ1n) is 3.96. The molecule has 4 heteroatoms. The number of benzene rings is 1. The third-order valence-corrected chi connectivity index (χ3v) is 2.54. The number of H-pyrrole nitrogens is 2. The van der Waals surface area contributed by atoms with Crippen LogP contribution in [0.1, 0.15) is 0 Å². The maximum absolute atomic E-state index is 5.12. The van der Waals surface area contributed by atoms with Crippen LogP contribution in [0.25, 0.3) is 11.0 Å². The van der Waals surface area contributed by atoms with Crippen LogP contribution in [-0.2, 0) is 0 Å². The van der Waals surface area contributed by atoms with Crippen molar-refractivity contribution in [2.75, 3.05) is 13.4 Å². The van der Waals surface area contributed by atoms with Gasteiger partial charge in [0, 0.05) is 6.07 Å². The van der Waals surface area contributed by atoms with Gasteiger partial charge in [0.25, 0.3) is 0 Å². The average Bonchev–Trinajstić information content (AvgIpc) is 2.58. The van der Waals surface area contributed by atoms with Crippen LogP contribution in [0.5, 0.6) is 5.75 Å². The average molecular weight is 195 g/mol. The molecule has 0 unspecified atom stereocenters. The minimum atomic E-state index is 0.871. The first kappa shape index (κ1) is 8.44. The van der Waals surface area contributed by atoms with Gasteiger partial charge in [0.1, 0.15) is 5.75 Å². The predicted molar refractivity (Wildman–Crippen MR) is 53.2 cm³/mol. The van der Waals surface area contributed by atoms with E-state index in [4.69, 9.17) is 4.74 Å². The molecule has 68 valence electrons. The fraction of sp³-hybridized carbons (Fsp3) is 0.222. The SMILES string of the molecule is COc1ccc2[nH+]c(SC)[nH]c2c1. The number of thioether (sulfide) groups is 1. The predicted octanol–water partition coefficient (Wildman–Crippen LogP) is 1.71. The highest BCUT2D eigenvalue weighted by molar-refractivity contribution is 7.98. The van der Waals surface area contributed by atoms with Crippen LogP contribution in [0.4, 0.5) is 0 Å². The number of ether oxygens (including phenoxy) is 1. The molecule has 1 heterocycles. The number of imidazole rings is 1. The summed E-state index contributed by atoms with van der Waals surface area (Å²) in [6.45, 7) is 0. The van der Waals surface area contributed by atoms with Crippen LogP contribution < -0.4 is 9.72 Å². The summed E-state index contributed by atoms with van der Waals surface area (Å²) < 4.78 is 5.12. The largest absolute Gasteiger partial charge is 0.497 e. The highest BCUT2D eigenvalue weighted by atomic mass is 32.2. The van der Waals surface area contributed by atoms with E-state index in [-0.39, 0.29) is 0 Å². The van der Waals surface area contributed by atoms with E-state index in [2.05, 4.69) is 9.97 Å². The van der Waals surface area contributed by atoms with Crippen LogP contribution >= 0.6 is 11.8 Å². The van der Waals surface area contributed by atoms with E-state index >= 15 is 0 Å². The lowest BCUT2D eigenvalue weighted by Crippen LogP contribution is -1.99. The van der Waals surface area contributed by atoms with E-state index in [9.17, 15) is 0 Å². The maximum atomic E-state index is 5.12. The Hall–Kier alpha value is -1.16. The zero-order valence-electron chi connectivity index (χ0n) is 7.55. The minimum Gasteiger partial charge on any atom is -0.497 e. The Balaban J connectivity index is 2.57. The molecule has 0 saturated carbocycles. The summed E-state index contributed by atoms with van der Waals surface area (Å²) in [4.78, 5) is 6.50. The normalized spacial score (nSPS) is 10.6. The van der Waals surface area contributed by atoms with Crippen molar-refractivity contribution in [3.05, 3.63) is 18.2 Å². The van der Waals surface area contributed by atoms with Crippen molar-refractivity contribution in [1.82, 2.24) is 4.98 Å². The van der Waals surface area contributed by atoms with E-state index in [1.54, 1.807) is 18.9 Å². The Labute approximate surface area is 80.5 Å². The zero-order chi connectivity index (χ0) is 9.26. The molecular formula is C9H11N2OS+. The van der Waals surface area contributed by atoms with E-state index in [1.807, 2.05) is 24.5 Å². The third-order valence-electron chi connectivity index (χ3n) is 1.93. The first-order valence-corrected chi connectivity index (χ1v) is 5.19. The lowest BCUT2D eigenvalue weighted by Gasteiger charge is -1.94. The van der Waals surface area contributed by atoms with Crippen molar-refractivity contribution in [1.29, 1.82) is 0 Å². The molecule has 0 saturated heterocycles. The van der Waals surface area contributed by atoms with E-state index in [0.29, 0.717) is 0 Å². The topological polar surface area (TPSA) is 39.2 Å². The molecule has 0 spiro atoms. The van der Waals surface area contributed by atoms with Crippen molar-refractivity contribution < 1.29 is 9.72 Å². The van der Waals surface area contributed by atoms with Crippen LogP contribution in [0.2, 0.25) is 0 Å². The third kappa shape index (κ3) is 1.49. The number of methoxy groups -OCH3 is 1. The molecule has 0 bridgehead atoms. The molecule has 0 aliphatic rings. The minimum absolute atomic E-state index is 0.871. The Morgan fingerprint density at radius 3 is 3.00 bits per heavy atom. The van der Waals surface area contributed by atoms with Crippen molar-refractivity contribution in [2.45, 2.75) is 5.16 Å². The molecule has 0 radical (unpaired) electrons. The summed E-state index contributed by atoms with van der Waals surface area (Å²) in [5, 5.41) is 1.06. The Bertz CT molecular complexity index is 422. The summed E-state index contributed by atoms with van der Waals surface area (Å²) >= 11 is 1.66. The molecule has 0 amide bonds. The maximum Gasteiger partial charge on any atom is 0.314 e. The Kier molecular flexibility index (Phi) is 2.14. The van der Waals surface area contributed by atoms with Crippen LogP contribution in [0, 0.1) is 0 Å². The number of hydrogen-bond donors (Lipinski definition) is 1. The van der Waals surface area contributed by atoms with Gasteiger partial charge in [-0.25, -0.2) is 9.97 Å². The van der Waals surface area contributed by atoms with E-state index in [1.165, 1.54) is 0 Å². The Morgan fingerprint density at radius 2 is 2.31 bits per heavy atom. The van der Waals surface area contributed by atoms with Gasteiger partial charge >= 0.3 is 5.16 Å². The monoisotopic (exact) mass is 195 g/mol. The number of aromatic nitrogens is 2. The quantitative estimate of drug-likeness (QED) is 0.741. The van der Waals surface area contributed by atoms with Gasteiger partial charge in [-0.05, 0) is 30.2 Å². The van der Waals surface area contributed by atoms with Crippen molar-refractivity contribution in [3.8, 4) is 5.75 Å². The van der Waals surface area contributed by atoms with Gasteiger partial charge in [0.15, 0.2) is 11.0 Å². The molecule has 1 aromatic heterocycles. The number of aromatic amines is 2. The molecule has 3 nitrogen and oxygen atoms in total. The molecule has 0 atom stereocenters. The molecule has 2 N–H and O–H groups in total. The van der Waals surface area contributed by atoms with Gasteiger partial charge in [-0.15, -0.1) is 0 Å². The van der Waals surface area contributed by atoms with Crippen molar-refractivity contribution in [2.24, 2.45) is 0 Å². The highest BCUT2D eigenvalue weighted by Gasteiger charge is 2.08. The lowest BCUT2D eigenvalue weighted by molar-refractivity contribution is -0.396. The standard InChI is InChI=1S/C9H10N2OS/c1-12-6-3-4-7-8(5-6)11-9(10-7)13-2/h3-5H,1-2H3,(H,10,11)/p+1. The van der Waals surface area contributed by atoms with Crippen LogP contribution in [-0.4, -0.2) is 18.3 Å². The van der Waals surface area contributed by atoms with Gasteiger partial charge in [0.2, 0.25) is 0 Å². The highest BCUT2D eigenvalue weighted by Crippen LogP contribution is 2.18. The number of fused-ring (bicyclic) bond motifs is 1. The molecule has 1 aromatic carbocycles. The van der Waals surface area contributed by atoms with Crippen molar-refractivity contribution >= 4 is 22.8 Å². The lowest BCUT2D eigenvalue weighted by atomic mass is 10.3. The second-order valence-corrected chi connectivity index (χ2v) is 3.51. The summed E-state index contributed by atoms with van der Waals surface area (Å²) in [7, 11) is 1.67. The van der Waals surface area contributed by atoms with Gasteiger partial charge in [-0.1, -0.05) is 0 Å². The molecule has 2 aromatic rings. The zero-order valence-corrected chi connectivity index (χ0v) is 8.37. The molecule has 0 fully saturated rings. The molecular weight excluding hydrogens is 184 g/mol. The summed E-state index contributed by atoms with van der Waals surface area (Å²) in [6, 6.07) is 5.92. The molecule has 2 rings (SSSR count). The molecule has 0 aliphatic heterocycles. The number of nitrogens with one attached hydrogen (secondary N) is 2.